The van der Waals surface area contributed by atoms with Crippen molar-refractivity contribution in [3.05, 3.63) is 60.7 Å². The molecular weight excluding hydrogens is 390 g/mol. The second-order valence-corrected chi connectivity index (χ2v) is 13.8. The van der Waals surface area contributed by atoms with Crippen molar-refractivity contribution in [3.63, 3.8) is 0 Å². The molecule has 3 unspecified atom stereocenters. The van der Waals surface area contributed by atoms with Crippen LogP contribution in [-0.4, -0.2) is 31.5 Å². The van der Waals surface area contributed by atoms with E-state index < -0.39 is 20.3 Å². The molecular formula is C25H35NO3Si. The molecule has 3 N–H and O–H groups in total. The lowest BCUT2D eigenvalue weighted by Gasteiger charge is -2.45. The smallest absolute Gasteiger partial charge is 0.320 e. The Kier molecular flexibility index (Phi) is 7.16. The second-order valence-electron chi connectivity index (χ2n) is 9.54. The number of aliphatic carboxylic acids is 1. The highest BCUT2D eigenvalue weighted by Gasteiger charge is 2.51. The maximum Gasteiger partial charge on any atom is 0.320 e. The third kappa shape index (κ3) is 4.69. The zero-order chi connectivity index (χ0) is 21.8. The second kappa shape index (κ2) is 9.46. The van der Waals surface area contributed by atoms with Crippen LogP contribution in [0.4, 0.5) is 0 Å². The van der Waals surface area contributed by atoms with Gasteiger partial charge in [0.1, 0.15) is 6.04 Å². The summed E-state index contributed by atoms with van der Waals surface area (Å²) in [5, 5.41) is 11.8. The van der Waals surface area contributed by atoms with E-state index in [4.69, 9.17) is 10.2 Å². The van der Waals surface area contributed by atoms with E-state index in [1.54, 1.807) is 0 Å². The van der Waals surface area contributed by atoms with Crippen LogP contribution in [0.3, 0.4) is 0 Å². The molecule has 0 amide bonds. The highest BCUT2D eigenvalue weighted by atomic mass is 28.4. The Bertz CT molecular complexity index is 780. The molecule has 1 aliphatic carbocycles. The van der Waals surface area contributed by atoms with E-state index in [0.29, 0.717) is 0 Å². The third-order valence-corrected chi connectivity index (χ3v) is 11.6. The van der Waals surface area contributed by atoms with Gasteiger partial charge in [0.15, 0.2) is 0 Å². The summed E-state index contributed by atoms with van der Waals surface area (Å²) in [6, 6.07) is 20.6. The summed E-state index contributed by atoms with van der Waals surface area (Å²) in [4.78, 5) is 11.4. The Morgan fingerprint density at radius 1 is 0.967 bits per heavy atom. The number of nitrogens with two attached hydrogens (primary N) is 1. The number of carboxylic acid groups (broad SMARTS) is 1. The topological polar surface area (TPSA) is 72.5 Å². The van der Waals surface area contributed by atoms with Crippen molar-refractivity contribution in [2.24, 2.45) is 11.7 Å². The molecule has 162 valence electrons. The Balaban J connectivity index is 1.97. The van der Waals surface area contributed by atoms with Crippen LogP contribution in [0, 0.1) is 5.92 Å². The van der Waals surface area contributed by atoms with Gasteiger partial charge < -0.3 is 15.3 Å². The van der Waals surface area contributed by atoms with Crippen molar-refractivity contribution >= 4 is 24.7 Å². The minimum absolute atomic E-state index is 0.0234. The highest BCUT2D eigenvalue weighted by Crippen LogP contribution is 2.39. The maximum atomic E-state index is 11.4. The van der Waals surface area contributed by atoms with Gasteiger partial charge in [0, 0.05) is 6.10 Å². The molecule has 3 atom stereocenters. The average Bonchev–Trinajstić information content (AvgIpc) is 2.97. The van der Waals surface area contributed by atoms with Gasteiger partial charge in [-0.05, 0) is 47.0 Å². The molecule has 4 nitrogen and oxygen atoms in total. The molecule has 0 aliphatic heterocycles. The number of hydrogen-bond acceptors (Lipinski definition) is 3. The minimum Gasteiger partial charge on any atom is -0.480 e. The van der Waals surface area contributed by atoms with Crippen LogP contribution in [0.5, 0.6) is 0 Å². The van der Waals surface area contributed by atoms with E-state index in [0.717, 1.165) is 32.1 Å². The fourth-order valence-electron chi connectivity index (χ4n) is 4.92. The number of benzene rings is 2. The van der Waals surface area contributed by atoms with E-state index in [9.17, 15) is 9.90 Å². The van der Waals surface area contributed by atoms with E-state index >= 15 is 0 Å². The Labute approximate surface area is 181 Å². The Hall–Kier alpha value is -1.95. The van der Waals surface area contributed by atoms with Gasteiger partial charge in [0.25, 0.3) is 8.32 Å². The van der Waals surface area contributed by atoms with Crippen molar-refractivity contribution in [2.75, 3.05) is 0 Å². The first-order valence-corrected chi connectivity index (χ1v) is 12.9. The van der Waals surface area contributed by atoms with Crippen molar-refractivity contribution in [1.82, 2.24) is 0 Å². The monoisotopic (exact) mass is 425 g/mol. The van der Waals surface area contributed by atoms with E-state index in [1.807, 2.05) is 0 Å². The van der Waals surface area contributed by atoms with Crippen LogP contribution in [-0.2, 0) is 9.22 Å². The van der Waals surface area contributed by atoms with E-state index in [-0.39, 0.29) is 17.1 Å². The summed E-state index contributed by atoms with van der Waals surface area (Å²) in [6.45, 7) is 6.87. The molecule has 0 bridgehead atoms. The number of rotatable bonds is 6. The lowest BCUT2D eigenvalue weighted by Crippen LogP contribution is -2.67. The average molecular weight is 426 g/mol. The molecule has 0 spiro atoms. The van der Waals surface area contributed by atoms with Crippen LogP contribution >= 0.6 is 0 Å². The van der Waals surface area contributed by atoms with Crippen LogP contribution in [0.25, 0.3) is 0 Å². The normalized spacial score (nSPS) is 21.6. The summed E-state index contributed by atoms with van der Waals surface area (Å²) in [6.07, 6.45) is 4.53. The first-order valence-electron chi connectivity index (χ1n) is 11.0. The summed E-state index contributed by atoms with van der Waals surface area (Å²) in [5.41, 5.74) is 5.95. The first kappa shape index (κ1) is 22.7. The number of carboxylic acids is 1. The predicted molar refractivity (Wildman–Crippen MR) is 125 cm³/mol. The third-order valence-electron chi connectivity index (χ3n) is 6.51. The van der Waals surface area contributed by atoms with Gasteiger partial charge in [-0.3, -0.25) is 4.79 Å². The van der Waals surface area contributed by atoms with E-state index in [2.05, 4.69) is 81.4 Å². The number of hydrogen-bond donors (Lipinski definition) is 2. The van der Waals surface area contributed by atoms with Crippen molar-refractivity contribution in [3.8, 4) is 0 Å². The molecule has 1 saturated carbocycles. The van der Waals surface area contributed by atoms with Gasteiger partial charge in [-0.2, -0.15) is 0 Å². The van der Waals surface area contributed by atoms with Crippen LogP contribution in [0.2, 0.25) is 5.04 Å². The van der Waals surface area contributed by atoms with Crippen molar-refractivity contribution in [1.29, 1.82) is 0 Å². The van der Waals surface area contributed by atoms with Gasteiger partial charge in [-0.1, -0.05) is 87.9 Å². The van der Waals surface area contributed by atoms with E-state index in [1.165, 1.54) is 10.4 Å². The van der Waals surface area contributed by atoms with Crippen LogP contribution in [0.1, 0.15) is 52.9 Å². The quantitative estimate of drug-likeness (QED) is 0.543. The summed E-state index contributed by atoms with van der Waals surface area (Å²) in [7, 11) is -2.58. The Morgan fingerprint density at radius 2 is 1.50 bits per heavy atom. The maximum absolute atomic E-state index is 11.4. The van der Waals surface area contributed by atoms with Gasteiger partial charge >= 0.3 is 5.97 Å². The van der Waals surface area contributed by atoms with Gasteiger partial charge in [0.05, 0.1) is 0 Å². The summed E-state index contributed by atoms with van der Waals surface area (Å²) < 4.78 is 7.23. The van der Waals surface area contributed by atoms with Crippen molar-refractivity contribution < 1.29 is 14.3 Å². The SMILES string of the molecule is CC(C)(C)[Si](OC1CCCC(C(N)C(=O)O)CC1)(c1ccccc1)c1ccccc1. The zero-order valence-corrected chi connectivity index (χ0v) is 19.4. The van der Waals surface area contributed by atoms with Crippen LogP contribution in [0.15, 0.2) is 60.7 Å². The Morgan fingerprint density at radius 3 is 1.97 bits per heavy atom. The first-order chi connectivity index (χ1) is 14.3. The van der Waals surface area contributed by atoms with Gasteiger partial charge in [-0.25, -0.2) is 0 Å². The van der Waals surface area contributed by atoms with Gasteiger partial charge in [0.2, 0.25) is 0 Å². The standard InChI is InChI=1S/C25H35NO3Si/c1-25(2,3)30(21-13-6-4-7-14-21,22-15-8-5-9-16-22)29-20-12-10-11-19(17-18-20)23(26)24(27)28/h4-9,13-16,19-20,23H,10-12,17-18,26H2,1-3H3,(H,27,28). The molecule has 1 fully saturated rings. The molecule has 2 aromatic carbocycles. The largest absolute Gasteiger partial charge is 0.480 e. The minimum atomic E-state index is -2.58. The lowest BCUT2D eigenvalue weighted by molar-refractivity contribution is -0.140. The molecule has 0 aromatic heterocycles. The predicted octanol–water partition coefficient (Wildman–Crippen LogP) is 3.92. The molecule has 0 radical (unpaired) electrons. The molecule has 5 heteroatoms. The molecule has 3 rings (SSSR count). The molecule has 0 heterocycles. The summed E-state index contributed by atoms with van der Waals surface area (Å²) in [5.74, 6) is -0.874. The fourth-order valence-corrected chi connectivity index (χ4v) is 9.67. The lowest BCUT2D eigenvalue weighted by atomic mass is 9.92. The highest BCUT2D eigenvalue weighted by molar-refractivity contribution is 6.99. The fraction of sp³-hybridized carbons (Fsp3) is 0.480. The summed E-state index contributed by atoms with van der Waals surface area (Å²) >= 11 is 0. The zero-order valence-electron chi connectivity index (χ0n) is 18.4. The molecule has 30 heavy (non-hydrogen) atoms. The van der Waals surface area contributed by atoms with Crippen molar-refractivity contribution in [2.45, 2.75) is 70.1 Å². The number of carbonyl (C=O) groups is 1. The molecule has 0 saturated heterocycles. The molecule has 1 aliphatic rings. The molecule has 2 aromatic rings. The van der Waals surface area contributed by atoms with Gasteiger partial charge in [-0.15, -0.1) is 0 Å². The van der Waals surface area contributed by atoms with Crippen LogP contribution < -0.4 is 16.1 Å².